The van der Waals surface area contributed by atoms with E-state index in [9.17, 15) is 38.6 Å². The molecule has 0 fully saturated rings. The maximum Gasteiger partial charge on any atom is 0.297 e. The summed E-state index contributed by atoms with van der Waals surface area (Å²) in [5.41, 5.74) is -3.84. The van der Waals surface area contributed by atoms with Gasteiger partial charge >= 0.3 is 0 Å². The van der Waals surface area contributed by atoms with Crippen LogP contribution < -0.4 is 15.4 Å². The average Bonchev–Trinajstić information content (AvgIpc) is 2.81. The minimum atomic E-state index is -1.19. The van der Waals surface area contributed by atoms with Gasteiger partial charge in [-0.05, 0) is 30.3 Å². The van der Waals surface area contributed by atoms with Gasteiger partial charge in [0, 0.05) is 17.7 Å². The van der Waals surface area contributed by atoms with Gasteiger partial charge in [-0.1, -0.05) is 23.2 Å². The first-order valence-corrected chi connectivity index (χ1v) is 10.3. The van der Waals surface area contributed by atoms with E-state index >= 15 is 0 Å². The van der Waals surface area contributed by atoms with E-state index in [1.165, 1.54) is 13.2 Å². The highest BCUT2D eigenvalue weighted by atomic mass is 35.5. The highest BCUT2D eigenvalue weighted by molar-refractivity contribution is 6.31. The van der Waals surface area contributed by atoms with Crippen molar-refractivity contribution >= 4 is 57.8 Å². The lowest BCUT2D eigenvalue weighted by atomic mass is 10.1. The van der Waals surface area contributed by atoms with Crippen LogP contribution in [-0.4, -0.2) is 28.8 Å². The van der Waals surface area contributed by atoms with E-state index in [1.54, 1.807) is 0 Å². The summed E-state index contributed by atoms with van der Waals surface area (Å²) in [4.78, 5) is 46.2. The maximum atomic E-state index is 14.3. The quantitative estimate of drug-likeness (QED) is 0.292. The number of carbonyl (C=O) groups is 2. The zero-order valence-corrected chi connectivity index (χ0v) is 19.3. The average molecular weight is 541 g/mol. The lowest BCUT2D eigenvalue weighted by Gasteiger charge is -2.13. The van der Waals surface area contributed by atoms with Crippen LogP contribution in [-0.2, 0) is 0 Å². The van der Waals surface area contributed by atoms with Crippen LogP contribution in [0.5, 0.6) is 5.75 Å². The number of rotatable bonds is 7. The number of hydrogen-bond acceptors (Lipinski definition) is 7. The molecule has 2 amide bonds. The first-order valence-electron chi connectivity index (χ1n) is 9.50. The van der Waals surface area contributed by atoms with Gasteiger partial charge in [0.1, 0.15) is 5.75 Å². The molecule has 0 aromatic heterocycles. The molecule has 0 aliphatic heterocycles. The number of carbonyl (C=O) groups excluding carboxylic acids is 2. The zero-order chi connectivity index (χ0) is 26.7. The molecule has 0 saturated carbocycles. The Morgan fingerprint density at radius 3 is 1.75 bits per heavy atom. The summed E-state index contributed by atoms with van der Waals surface area (Å²) in [7, 11) is 1.18. The van der Waals surface area contributed by atoms with Crippen LogP contribution in [0.4, 0.5) is 31.5 Å². The van der Waals surface area contributed by atoms with Crippen LogP contribution in [0, 0.1) is 31.9 Å². The predicted molar refractivity (Wildman–Crippen MR) is 125 cm³/mol. The van der Waals surface area contributed by atoms with Crippen LogP contribution in [0.25, 0.3) is 0 Å². The molecular formula is C21H12Cl2F2N4O7. The van der Waals surface area contributed by atoms with Crippen LogP contribution in [0.3, 0.4) is 0 Å². The summed E-state index contributed by atoms with van der Waals surface area (Å²) < 4.78 is 33.7. The van der Waals surface area contributed by atoms with E-state index in [2.05, 4.69) is 0 Å². The van der Waals surface area contributed by atoms with Crippen LogP contribution in [0.15, 0.2) is 42.5 Å². The Balaban J connectivity index is 1.98. The molecule has 0 atom stereocenters. The lowest BCUT2D eigenvalue weighted by molar-refractivity contribution is -0.384. The topological polar surface area (TPSA) is 154 Å². The molecule has 2 N–H and O–H groups in total. The number of nitro benzene ring substituents is 2. The molecule has 186 valence electrons. The highest BCUT2D eigenvalue weighted by Crippen LogP contribution is 2.34. The Bertz CT molecular complexity index is 1440. The Labute approximate surface area is 209 Å². The number of nitrogens with one attached hydrogen (secondary N) is 2. The number of halogens is 4. The fraction of sp³-hybridized carbons (Fsp3) is 0.0476. The summed E-state index contributed by atoms with van der Waals surface area (Å²) in [5.74, 6) is -4.64. The summed E-state index contributed by atoms with van der Waals surface area (Å²) in [6.07, 6.45) is 0. The largest absolute Gasteiger partial charge is 0.496 e. The molecule has 15 heteroatoms. The van der Waals surface area contributed by atoms with E-state index in [0.29, 0.717) is 0 Å². The number of hydrogen-bond donors (Lipinski definition) is 2. The SMILES string of the molecule is COc1ccc(C(=O)Nc2c(F)cc(Cl)cc2[N+](=O)[O-])cc1C(=O)Nc1c(F)cc(Cl)cc1[N+](=O)[O-]. The lowest BCUT2D eigenvalue weighted by Crippen LogP contribution is -2.18. The van der Waals surface area contributed by atoms with Crippen molar-refractivity contribution in [1.82, 2.24) is 0 Å². The monoisotopic (exact) mass is 540 g/mol. The Morgan fingerprint density at radius 1 is 0.833 bits per heavy atom. The normalized spacial score (nSPS) is 10.5. The molecule has 0 saturated heterocycles. The van der Waals surface area contributed by atoms with Gasteiger partial charge in [0.2, 0.25) is 0 Å². The van der Waals surface area contributed by atoms with E-state index in [-0.39, 0.29) is 26.9 Å². The molecule has 0 unspecified atom stereocenters. The Hall–Kier alpha value is -4.36. The molecular weight excluding hydrogens is 529 g/mol. The van der Waals surface area contributed by atoms with Crippen molar-refractivity contribution in [2.24, 2.45) is 0 Å². The fourth-order valence-corrected chi connectivity index (χ4v) is 3.45. The summed E-state index contributed by atoms with van der Waals surface area (Å²) in [6.45, 7) is 0. The Morgan fingerprint density at radius 2 is 1.31 bits per heavy atom. The van der Waals surface area contributed by atoms with Crippen LogP contribution in [0.1, 0.15) is 20.7 Å². The molecule has 0 radical (unpaired) electrons. The van der Waals surface area contributed by atoms with Gasteiger partial charge in [0.15, 0.2) is 23.0 Å². The minimum absolute atomic E-state index is 0.107. The first kappa shape index (κ1) is 26.2. The number of anilines is 2. The van der Waals surface area contributed by atoms with Crippen molar-refractivity contribution in [2.75, 3.05) is 17.7 Å². The van der Waals surface area contributed by atoms with E-state index in [4.69, 9.17) is 27.9 Å². The number of amides is 2. The van der Waals surface area contributed by atoms with E-state index < -0.39 is 56.0 Å². The first-order chi connectivity index (χ1) is 16.9. The molecule has 0 heterocycles. The Kier molecular flexibility index (Phi) is 7.65. The number of nitrogens with zero attached hydrogens (tertiary/aromatic N) is 2. The summed E-state index contributed by atoms with van der Waals surface area (Å²) in [6, 6.07) is 6.46. The highest BCUT2D eigenvalue weighted by Gasteiger charge is 2.26. The second kappa shape index (κ2) is 10.5. The van der Waals surface area contributed by atoms with Crippen molar-refractivity contribution in [3.63, 3.8) is 0 Å². The number of benzene rings is 3. The fourth-order valence-electron chi connectivity index (χ4n) is 3.05. The maximum absolute atomic E-state index is 14.3. The van der Waals surface area contributed by atoms with Crippen LogP contribution in [0.2, 0.25) is 10.0 Å². The number of ether oxygens (including phenoxy) is 1. The second-order valence-corrected chi connectivity index (χ2v) is 7.77. The third kappa shape index (κ3) is 5.47. The zero-order valence-electron chi connectivity index (χ0n) is 17.8. The van der Waals surface area contributed by atoms with Crippen molar-refractivity contribution in [3.05, 3.63) is 95.5 Å². The van der Waals surface area contributed by atoms with E-state index in [0.717, 1.165) is 36.4 Å². The summed E-state index contributed by atoms with van der Waals surface area (Å²) in [5, 5.41) is 26.0. The minimum Gasteiger partial charge on any atom is -0.496 e. The van der Waals surface area contributed by atoms with Gasteiger partial charge in [-0.15, -0.1) is 0 Å². The standard InChI is InChI=1S/C21H12Cl2F2N4O7/c1-36-17-3-2-9(20(30)26-18-13(24)5-10(22)7-15(18)28(32)33)4-12(17)21(31)27-19-14(25)6-11(23)8-16(19)29(34)35/h2-8H,1H3,(H,26,30)(H,27,31). The van der Waals surface area contributed by atoms with Gasteiger partial charge in [-0.3, -0.25) is 29.8 Å². The molecule has 11 nitrogen and oxygen atoms in total. The van der Waals surface area contributed by atoms with Gasteiger partial charge < -0.3 is 15.4 Å². The molecule has 0 spiro atoms. The van der Waals surface area contributed by atoms with Gasteiger partial charge in [-0.25, -0.2) is 8.78 Å². The van der Waals surface area contributed by atoms with Crippen molar-refractivity contribution in [2.45, 2.75) is 0 Å². The van der Waals surface area contributed by atoms with Crippen LogP contribution >= 0.6 is 23.2 Å². The third-order valence-electron chi connectivity index (χ3n) is 4.65. The molecule has 0 bridgehead atoms. The number of nitro groups is 2. The second-order valence-electron chi connectivity index (χ2n) is 6.90. The summed E-state index contributed by atoms with van der Waals surface area (Å²) >= 11 is 11.3. The molecule has 0 aliphatic carbocycles. The molecule has 3 rings (SSSR count). The van der Waals surface area contributed by atoms with Crippen molar-refractivity contribution in [1.29, 1.82) is 0 Å². The predicted octanol–water partition coefficient (Wildman–Crippen LogP) is 5.60. The van der Waals surface area contributed by atoms with E-state index in [1.807, 2.05) is 10.6 Å². The van der Waals surface area contributed by atoms with Gasteiger partial charge in [0.05, 0.1) is 32.6 Å². The van der Waals surface area contributed by atoms with Gasteiger partial charge in [-0.2, -0.15) is 0 Å². The molecule has 3 aromatic carbocycles. The number of methoxy groups -OCH3 is 1. The molecule has 0 aliphatic rings. The molecule has 36 heavy (non-hydrogen) atoms. The van der Waals surface area contributed by atoms with Crippen molar-refractivity contribution in [3.8, 4) is 5.75 Å². The van der Waals surface area contributed by atoms with Crippen molar-refractivity contribution < 1.29 is 33.0 Å². The smallest absolute Gasteiger partial charge is 0.297 e. The molecule has 3 aromatic rings. The third-order valence-corrected chi connectivity index (χ3v) is 5.08. The van der Waals surface area contributed by atoms with Gasteiger partial charge in [0.25, 0.3) is 23.2 Å².